The molecule has 0 atom stereocenters. The molecule has 1 aromatic carbocycles. The van der Waals surface area contributed by atoms with Crippen LogP contribution in [0.5, 0.6) is 0 Å². The quantitative estimate of drug-likeness (QED) is 0.851. The van der Waals surface area contributed by atoms with E-state index in [0.29, 0.717) is 24.6 Å². The lowest BCUT2D eigenvalue weighted by Crippen LogP contribution is -2.29. The summed E-state index contributed by atoms with van der Waals surface area (Å²) in [4.78, 5) is 15.9. The fourth-order valence-electron chi connectivity index (χ4n) is 1.72. The Morgan fingerprint density at radius 2 is 2.14 bits per heavy atom. The SMILES string of the molecule is CCOCC(=O)NCCc1csc(-c2ccc(Cl)cc2)n1. The molecule has 0 saturated heterocycles. The van der Waals surface area contributed by atoms with Crippen LogP contribution < -0.4 is 5.32 Å². The minimum atomic E-state index is -0.0926. The smallest absolute Gasteiger partial charge is 0.246 e. The first kappa shape index (κ1) is 15.9. The van der Waals surface area contributed by atoms with Gasteiger partial charge in [-0.2, -0.15) is 0 Å². The first-order valence-electron chi connectivity index (χ1n) is 6.74. The second-order valence-electron chi connectivity index (χ2n) is 4.39. The molecule has 1 heterocycles. The largest absolute Gasteiger partial charge is 0.372 e. The van der Waals surface area contributed by atoms with Crippen molar-refractivity contribution in [3.63, 3.8) is 0 Å². The van der Waals surface area contributed by atoms with Crippen molar-refractivity contribution >= 4 is 28.8 Å². The third kappa shape index (κ3) is 5.12. The van der Waals surface area contributed by atoms with Gasteiger partial charge in [0.25, 0.3) is 0 Å². The van der Waals surface area contributed by atoms with Gasteiger partial charge in [-0.15, -0.1) is 11.3 Å². The predicted octanol–water partition coefficient (Wildman–Crippen LogP) is 3.16. The molecule has 1 N–H and O–H groups in total. The van der Waals surface area contributed by atoms with Crippen molar-refractivity contribution < 1.29 is 9.53 Å². The summed E-state index contributed by atoms with van der Waals surface area (Å²) in [6.45, 7) is 3.09. The van der Waals surface area contributed by atoms with Crippen LogP contribution in [0, 0.1) is 0 Å². The van der Waals surface area contributed by atoms with Crippen LogP contribution in [-0.4, -0.2) is 30.6 Å². The summed E-state index contributed by atoms with van der Waals surface area (Å²) < 4.78 is 5.03. The zero-order chi connectivity index (χ0) is 15.1. The van der Waals surface area contributed by atoms with Crippen molar-refractivity contribution in [2.45, 2.75) is 13.3 Å². The maximum atomic E-state index is 11.4. The molecule has 1 amide bonds. The normalized spacial score (nSPS) is 10.6. The summed E-state index contributed by atoms with van der Waals surface area (Å²) in [5.74, 6) is -0.0926. The van der Waals surface area contributed by atoms with E-state index in [0.717, 1.165) is 16.3 Å². The molecular weight excluding hydrogens is 308 g/mol. The maximum absolute atomic E-state index is 11.4. The van der Waals surface area contributed by atoms with Crippen LogP contribution >= 0.6 is 22.9 Å². The Morgan fingerprint density at radius 1 is 1.38 bits per heavy atom. The Morgan fingerprint density at radius 3 is 2.86 bits per heavy atom. The van der Waals surface area contributed by atoms with E-state index >= 15 is 0 Å². The number of benzene rings is 1. The van der Waals surface area contributed by atoms with Gasteiger partial charge in [0.1, 0.15) is 11.6 Å². The molecule has 21 heavy (non-hydrogen) atoms. The zero-order valence-corrected chi connectivity index (χ0v) is 13.3. The minimum Gasteiger partial charge on any atom is -0.372 e. The van der Waals surface area contributed by atoms with Gasteiger partial charge in [0.2, 0.25) is 5.91 Å². The van der Waals surface area contributed by atoms with E-state index < -0.39 is 0 Å². The summed E-state index contributed by atoms with van der Waals surface area (Å²) in [5.41, 5.74) is 2.03. The molecule has 4 nitrogen and oxygen atoms in total. The van der Waals surface area contributed by atoms with Gasteiger partial charge in [-0.1, -0.05) is 23.7 Å². The lowest BCUT2D eigenvalue weighted by Gasteiger charge is -2.03. The molecule has 0 saturated carbocycles. The first-order chi connectivity index (χ1) is 10.2. The van der Waals surface area contributed by atoms with E-state index in [-0.39, 0.29) is 12.5 Å². The zero-order valence-electron chi connectivity index (χ0n) is 11.8. The Balaban J connectivity index is 1.83. The summed E-state index contributed by atoms with van der Waals surface area (Å²) in [6.07, 6.45) is 0.710. The van der Waals surface area contributed by atoms with Crippen molar-refractivity contribution in [1.82, 2.24) is 10.3 Å². The molecule has 2 aromatic rings. The Labute approximate surface area is 133 Å². The van der Waals surface area contributed by atoms with Crippen LogP contribution in [0.3, 0.4) is 0 Å². The van der Waals surface area contributed by atoms with Crippen LogP contribution in [0.25, 0.3) is 10.6 Å². The van der Waals surface area contributed by atoms with Gasteiger partial charge in [-0.25, -0.2) is 4.98 Å². The number of nitrogens with zero attached hydrogens (tertiary/aromatic N) is 1. The molecule has 0 fully saturated rings. The van der Waals surface area contributed by atoms with Crippen LogP contribution in [-0.2, 0) is 16.0 Å². The number of amides is 1. The van der Waals surface area contributed by atoms with Crippen LogP contribution in [0.4, 0.5) is 0 Å². The molecule has 6 heteroatoms. The third-order valence-electron chi connectivity index (χ3n) is 2.78. The maximum Gasteiger partial charge on any atom is 0.246 e. The average Bonchev–Trinajstić information content (AvgIpc) is 2.95. The Kier molecular flexibility index (Phi) is 6.17. The van der Waals surface area contributed by atoms with E-state index in [1.165, 1.54) is 0 Å². The molecule has 0 bridgehead atoms. The number of carbonyl (C=O) groups excluding carboxylic acids is 1. The van der Waals surface area contributed by atoms with Gasteiger partial charge in [0.05, 0.1) is 5.69 Å². The summed E-state index contributed by atoms with van der Waals surface area (Å²) in [7, 11) is 0. The van der Waals surface area contributed by atoms with Crippen molar-refractivity contribution in [2.24, 2.45) is 0 Å². The lowest BCUT2D eigenvalue weighted by molar-refractivity contribution is -0.125. The van der Waals surface area contributed by atoms with Gasteiger partial charge in [-0.3, -0.25) is 4.79 Å². The molecule has 0 aliphatic rings. The van der Waals surface area contributed by atoms with Crippen molar-refractivity contribution in [2.75, 3.05) is 19.8 Å². The summed E-state index contributed by atoms with van der Waals surface area (Å²) in [6, 6.07) is 7.61. The third-order valence-corrected chi connectivity index (χ3v) is 3.98. The molecule has 1 aromatic heterocycles. The number of ether oxygens (including phenoxy) is 1. The summed E-state index contributed by atoms with van der Waals surface area (Å²) in [5, 5.41) is 6.49. The van der Waals surface area contributed by atoms with Crippen LogP contribution in [0.2, 0.25) is 5.02 Å². The highest BCUT2D eigenvalue weighted by Gasteiger charge is 2.06. The number of rotatable bonds is 7. The highest BCUT2D eigenvalue weighted by atomic mass is 35.5. The van der Waals surface area contributed by atoms with Crippen molar-refractivity contribution in [3.05, 3.63) is 40.4 Å². The number of nitrogens with one attached hydrogen (secondary N) is 1. The van der Waals surface area contributed by atoms with Crippen LogP contribution in [0.1, 0.15) is 12.6 Å². The Hall–Kier alpha value is -1.43. The van der Waals surface area contributed by atoms with E-state index in [1.54, 1.807) is 11.3 Å². The number of thiazole rings is 1. The standard InChI is InChI=1S/C15H17ClN2O2S/c1-2-20-9-14(19)17-8-7-13-10-21-15(18-13)11-3-5-12(16)6-4-11/h3-6,10H,2,7-9H2,1H3,(H,17,19). The molecule has 0 unspecified atom stereocenters. The fraction of sp³-hybridized carbons (Fsp3) is 0.333. The molecule has 112 valence electrons. The van der Waals surface area contributed by atoms with E-state index in [9.17, 15) is 4.79 Å². The number of hydrogen-bond acceptors (Lipinski definition) is 4. The molecule has 0 aliphatic heterocycles. The molecule has 0 spiro atoms. The van der Waals surface area contributed by atoms with Crippen molar-refractivity contribution in [3.8, 4) is 10.6 Å². The average molecular weight is 325 g/mol. The van der Waals surface area contributed by atoms with E-state index in [2.05, 4.69) is 10.3 Å². The van der Waals surface area contributed by atoms with Crippen molar-refractivity contribution in [1.29, 1.82) is 0 Å². The van der Waals surface area contributed by atoms with Gasteiger partial charge >= 0.3 is 0 Å². The second kappa shape index (κ2) is 8.12. The summed E-state index contributed by atoms with van der Waals surface area (Å²) >= 11 is 7.46. The molecular formula is C15H17ClN2O2S. The molecule has 0 aliphatic carbocycles. The minimum absolute atomic E-state index is 0.0926. The van der Waals surface area contributed by atoms with Gasteiger partial charge in [0, 0.05) is 35.5 Å². The predicted molar refractivity (Wildman–Crippen MR) is 85.8 cm³/mol. The lowest BCUT2D eigenvalue weighted by atomic mass is 10.2. The first-order valence-corrected chi connectivity index (χ1v) is 7.99. The number of hydrogen-bond donors (Lipinski definition) is 1. The van der Waals surface area contributed by atoms with E-state index in [4.69, 9.17) is 16.3 Å². The number of aromatic nitrogens is 1. The van der Waals surface area contributed by atoms with Gasteiger partial charge in [0.15, 0.2) is 0 Å². The molecule has 2 rings (SSSR count). The fourth-order valence-corrected chi connectivity index (χ4v) is 2.71. The highest BCUT2D eigenvalue weighted by molar-refractivity contribution is 7.13. The van der Waals surface area contributed by atoms with E-state index in [1.807, 2.05) is 36.6 Å². The highest BCUT2D eigenvalue weighted by Crippen LogP contribution is 2.25. The molecule has 0 radical (unpaired) electrons. The second-order valence-corrected chi connectivity index (χ2v) is 5.68. The van der Waals surface area contributed by atoms with Crippen LogP contribution in [0.15, 0.2) is 29.6 Å². The number of carbonyl (C=O) groups is 1. The Bertz CT molecular complexity index is 584. The van der Waals surface area contributed by atoms with Gasteiger partial charge in [-0.05, 0) is 19.1 Å². The van der Waals surface area contributed by atoms with Gasteiger partial charge < -0.3 is 10.1 Å². The monoisotopic (exact) mass is 324 g/mol. The topological polar surface area (TPSA) is 51.2 Å². The number of halogens is 1.